The molecule has 3 aromatic rings. The van der Waals surface area contributed by atoms with E-state index in [0.29, 0.717) is 5.69 Å². The summed E-state index contributed by atoms with van der Waals surface area (Å²) in [4.78, 5) is 19.0. The Morgan fingerprint density at radius 3 is 3.00 bits per heavy atom. The second kappa shape index (κ2) is 6.39. The van der Waals surface area contributed by atoms with Crippen LogP contribution in [0.5, 0.6) is 5.75 Å². The zero-order chi connectivity index (χ0) is 16.2. The molecule has 3 N–H and O–H groups in total. The Bertz CT molecular complexity index is 841. The zero-order valence-corrected chi connectivity index (χ0v) is 13.0. The topological polar surface area (TPSA) is 79.0 Å². The number of imidazole rings is 1. The first kappa shape index (κ1) is 14.9. The first-order chi connectivity index (χ1) is 11.1. The number of aryl methyl sites for hydroxylation is 1. The fourth-order valence-corrected chi connectivity index (χ4v) is 2.25. The van der Waals surface area contributed by atoms with E-state index in [9.17, 15) is 4.79 Å². The van der Waals surface area contributed by atoms with Crippen molar-refractivity contribution in [2.45, 2.75) is 13.8 Å². The highest BCUT2D eigenvalue weighted by molar-refractivity contribution is 5.91. The van der Waals surface area contributed by atoms with Crippen LogP contribution in [-0.2, 0) is 0 Å². The fraction of sp³-hybridized carbons (Fsp3) is 0.176. The molecule has 0 bridgehead atoms. The molecular weight excluding hydrogens is 292 g/mol. The van der Waals surface area contributed by atoms with E-state index in [1.54, 1.807) is 12.4 Å². The first-order valence-corrected chi connectivity index (χ1v) is 7.30. The SMILES string of the molecule is Cc1cccc(OCNC(=O)Nc2ccc3nc[nH]c3c2)c1C. The maximum atomic E-state index is 11.9. The Kier molecular flexibility index (Phi) is 4.14. The number of hydrogen-bond acceptors (Lipinski definition) is 3. The lowest BCUT2D eigenvalue weighted by Gasteiger charge is -2.12. The molecule has 0 saturated heterocycles. The molecule has 3 rings (SSSR count). The number of rotatable bonds is 4. The lowest BCUT2D eigenvalue weighted by Crippen LogP contribution is -2.32. The maximum absolute atomic E-state index is 11.9. The molecule has 1 aromatic heterocycles. The Labute approximate surface area is 133 Å². The van der Waals surface area contributed by atoms with Gasteiger partial charge in [0.25, 0.3) is 0 Å². The first-order valence-electron chi connectivity index (χ1n) is 7.30. The van der Waals surface area contributed by atoms with Gasteiger partial charge >= 0.3 is 6.03 Å². The number of aromatic nitrogens is 2. The maximum Gasteiger partial charge on any atom is 0.321 e. The van der Waals surface area contributed by atoms with Crippen molar-refractivity contribution in [3.63, 3.8) is 0 Å². The number of fused-ring (bicyclic) bond motifs is 1. The molecule has 0 radical (unpaired) electrons. The van der Waals surface area contributed by atoms with Gasteiger partial charge in [0.05, 0.1) is 17.4 Å². The number of nitrogens with zero attached hydrogens (tertiary/aromatic N) is 1. The van der Waals surface area contributed by atoms with E-state index in [2.05, 4.69) is 20.6 Å². The molecule has 0 aliphatic carbocycles. The number of carbonyl (C=O) groups excluding carboxylic acids is 1. The van der Waals surface area contributed by atoms with E-state index >= 15 is 0 Å². The van der Waals surface area contributed by atoms with Crippen molar-refractivity contribution in [2.24, 2.45) is 0 Å². The van der Waals surface area contributed by atoms with Gasteiger partial charge in [-0.05, 0) is 49.2 Å². The van der Waals surface area contributed by atoms with E-state index in [1.807, 2.05) is 44.2 Å². The van der Waals surface area contributed by atoms with Gasteiger partial charge in [-0.3, -0.25) is 0 Å². The summed E-state index contributed by atoms with van der Waals surface area (Å²) in [7, 11) is 0. The molecule has 23 heavy (non-hydrogen) atoms. The van der Waals surface area contributed by atoms with Crippen molar-refractivity contribution >= 4 is 22.8 Å². The van der Waals surface area contributed by atoms with Gasteiger partial charge in [0.2, 0.25) is 0 Å². The van der Waals surface area contributed by atoms with Crippen LogP contribution in [0.1, 0.15) is 11.1 Å². The number of amides is 2. The van der Waals surface area contributed by atoms with Gasteiger partial charge in [0, 0.05) is 5.69 Å². The summed E-state index contributed by atoms with van der Waals surface area (Å²) >= 11 is 0. The van der Waals surface area contributed by atoms with E-state index < -0.39 is 0 Å². The number of H-pyrrole nitrogens is 1. The number of urea groups is 1. The van der Waals surface area contributed by atoms with Crippen LogP contribution in [0.25, 0.3) is 11.0 Å². The monoisotopic (exact) mass is 310 g/mol. The Morgan fingerprint density at radius 1 is 1.26 bits per heavy atom. The summed E-state index contributed by atoms with van der Waals surface area (Å²) in [5, 5.41) is 5.43. The van der Waals surface area contributed by atoms with Crippen LogP contribution >= 0.6 is 0 Å². The normalized spacial score (nSPS) is 10.5. The smallest absolute Gasteiger partial charge is 0.321 e. The zero-order valence-electron chi connectivity index (χ0n) is 13.0. The van der Waals surface area contributed by atoms with E-state index in [-0.39, 0.29) is 12.8 Å². The summed E-state index contributed by atoms with van der Waals surface area (Å²) in [6.07, 6.45) is 1.62. The minimum Gasteiger partial charge on any atom is -0.473 e. The third-order valence-corrected chi connectivity index (χ3v) is 3.69. The molecule has 0 aliphatic heterocycles. The van der Waals surface area contributed by atoms with Crippen molar-refractivity contribution in [2.75, 3.05) is 12.0 Å². The van der Waals surface area contributed by atoms with Crippen molar-refractivity contribution in [3.05, 3.63) is 53.9 Å². The average molecular weight is 310 g/mol. The molecule has 0 fully saturated rings. The van der Waals surface area contributed by atoms with Crippen LogP contribution in [0, 0.1) is 13.8 Å². The molecule has 2 aromatic carbocycles. The molecule has 2 amide bonds. The number of benzene rings is 2. The predicted octanol–water partition coefficient (Wildman–Crippen LogP) is 3.34. The molecule has 6 heteroatoms. The highest BCUT2D eigenvalue weighted by Crippen LogP contribution is 2.20. The number of hydrogen-bond donors (Lipinski definition) is 3. The summed E-state index contributed by atoms with van der Waals surface area (Å²) in [5.74, 6) is 0.768. The fourth-order valence-electron chi connectivity index (χ4n) is 2.25. The second-order valence-corrected chi connectivity index (χ2v) is 5.25. The highest BCUT2D eigenvalue weighted by Gasteiger charge is 2.05. The number of nitrogens with one attached hydrogen (secondary N) is 3. The van der Waals surface area contributed by atoms with E-state index in [4.69, 9.17) is 4.74 Å². The molecule has 0 unspecified atom stereocenters. The third kappa shape index (κ3) is 3.42. The Balaban J connectivity index is 1.54. The number of ether oxygens (including phenoxy) is 1. The van der Waals surface area contributed by atoms with E-state index in [0.717, 1.165) is 27.9 Å². The van der Waals surface area contributed by atoms with Gasteiger partial charge in [-0.15, -0.1) is 0 Å². The Morgan fingerprint density at radius 2 is 2.13 bits per heavy atom. The molecule has 6 nitrogen and oxygen atoms in total. The summed E-state index contributed by atoms with van der Waals surface area (Å²) < 4.78 is 5.60. The van der Waals surface area contributed by atoms with Gasteiger partial charge in [-0.2, -0.15) is 0 Å². The largest absolute Gasteiger partial charge is 0.473 e. The van der Waals surface area contributed by atoms with Crippen molar-refractivity contribution in [3.8, 4) is 5.75 Å². The van der Waals surface area contributed by atoms with Crippen molar-refractivity contribution in [1.29, 1.82) is 0 Å². The summed E-state index contributed by atoms with van der Waals surface area (Å²) in [6.45, 7) is 4.11. The van der Waals surface area contributed by atoms with Crippen molar-refractivity contribution in [1.82, 2.24) is 15.3 Å². The van der Waals surface area contributed by atoms with Crippen LogP contribution in [0.15, 0.2) is 42.7 Å². The van der Waals surface area contributed by atoms with Crippen LogP contribution in [0.2, 0.25) is 0 Å². The van der Waals surface area contributed by atoms with Crippen LogP contribution < -0.4 is 15.4 Å². The molecule has 0 spiro atoms. The molecule has 118 valence electrons. The second-order valence-electron chi connectivity index (χ2n) is 5.25. The molecular formula is C17H18N4O2. The summed E-state index contributed by atoms with van der Waals surface area (Å²) in [5.41, 5.74) is 4.63. The molecule has 0 aliphatic rings. The molecule has 0 atom stereocenters. The quantitative estimate of drug-likeness (QED) is 0.647. The van der Waals surface area contributed by atoms with Gasteiger partial charge in [0.1, 0.15) is 5.75 Å². The number of anilines is 1. The standard InChI is InChI=1S/C17H18N4O2/c1-11-4-3-5-16(12(11)2)23-10-20-17(22)21-13-6-7-14-15(8-13)19-9-18-14/h3-9H,10H2,1-2H3,(H,18,19)(H2,20,21,22). The van der Waals surface area contributed by atoms with E-state index in [1.165, 1.54) is 0 Å². The minimum atomic E-state index is -0.325. The number of aromatic amines is 1. The highest BCUT2D eigenvalue weighted by atomic mass is 16.5. The summed E-state index contributed by atoms with van der Waals surface area (Å²) in [6, 6.07) is 11.0. The lowest BCUT2D eigenvalue weighted by atomic mass is 10.1. The van der Waals surface area contributed by atoms with Gasteiger partial charge in [0.15, 0.2) is 6.73 Å². The number of carbonyl (C=O) groups is 1. The predicted molar refractivity (Wildman–Crippen MR) is 89.7 cm³/mol. The van der Waals surface area contributed by atoms with Gasteiger partial charge in [-0.25, -0.2) is 9.78 Å². The van der Waals surface area contributed by atoms with Crippen LogP contribution in [0.3, 0.4) is 0 Å². The van der Waals surface area contributed by atoms with Crippen molar-refractivity contribution < 1.29 is 9.53 Å². The average Bonchev–Trinajstić information content (AvgIpc) is 2.99. The third-order valence-electron chi connectivity index (χ3n) is 3.69. The molecule has 0 saturated carbocycles. The van der Waals surface area contributed by atoms with Gasteiger partial charge < -0.3 is 20.4 Å². The lowest BCUT2D eigenvalue weighted by molar-refractivity contribution is 0.234. The van der Waals surface area contributed by atoms with Crippen LogP contribution in [-0.4, -0.2) is 22.7 Å². The Hall–Kier alpha value is -3.02. The van der Waals surface area contributed by atoms with Crippen LogP contribution in [0.4, 0.5) is 10.5 Å². The van der Waals surface area contributed by atoms with Gasteiger partial charge in [-0.1, -0.05) is 12.1 Å². The molecule has 1 heterocycles. The minimum absolute atomic E-state index is 0.0996.